The normalized spacial score (nSPS) is 24.9. The van der Waals surface area contributed by atoms with Crippen LogP contribution in [0.2, 0.25) is 5.02 Å². The summed E-state index contributed by atoms with van der Waals surface area (Å²) in [5, 5.41) is 11.3. The third-order valence-corrected chi connectivity index (χ3v) is 5.29. The first-order valence-electron chi connectivity index (χ1n) is 7.90. The molecule has 2 heteroatoms. The van der Waals surface area contributed by atoms with E-state index in [0.717, 1.165) is 35.3 Å². The Hall–Kier alpha value is -0.530. The molecule has 1 nitrogen and oxygen atoms in total. The number of rotatable bonds is 4. The number of hydrogen-bond donors (Lipinski definition) is 1. The second-order valence-corrected chi connectivity index (χ2v) is 7.19. The van der Waals surface area contributed by atoms with Crippen LogP contribution in [0.25, 0.3) is 0 Å². The monoisotopic (exact) mass is 294 g/mol. The van der Waals surface area contributed by atoms with E-state index in [9.17, 15) is 5.11 Å². The Balaban J connectivity index is 1.91. The molecule has 1 fully saturated rings. The lowest BCUT2D eigenvalue weighted by Crippen LogP contribution is -2.28. The van der Waals surface area contributed by atoms with Crippen LogP contribution in [0.5, 0.6) is 0 Å². The van der Waals surface area contributed by atoms with Crippen LogP contribution in [-0.4, -0.2) is 11.2 Å². The maximum Gasteiger partial charge on any atom is 0.0609 e. The van der Waals surface area contributed by atoms with Crippen molar-refractivity contribution in [1.82, 2.24) is 0 Å². The van der Waals surface area contributed by atoms with E-state index in [0.29, 0.717) is 12.3 Å². The highest BCUT2D eigenvalue weighted by atomic mass is 35.5. The van der Waals surface area contributed by atoms with Crippen molar-refractivity contribution >= 4 is 11.6 Å². The van der Waals surface area contributed by atoms with Crippen molar-refractivity contribution in [2.45, 2.75) is 59.0 Å². The first-order chi connectivity index (χ1) is 9.47. The van der Waals surface area contributed by atoms with E-state index in [1.165, 1.54) is 18.4 Å². The zero-order chi connectivity index (χ0) is 14.7. The van der Waals surface area contributed by atoms with Crippen molar-refractivity contribution in [3.05, 3.63) is 34.3 Å². The van der Waals surface area contributed by atoms with Gasteiger partial charge in [-0.2, -0.15) is 0 Å². The highest BCUT2D eigenvalue weighted by Gasteiger charge is 2.28. The summed E-state index contributed by atoms with van der Waals surface area (Å²) in [6, 6.07) is 6.11. The van der Waals surface area contributed by atoms with Gasteiger partial charge in [-0.15, -0.1) is 0 Å². The molecule has 1 aliphatic carbocycles. The van der Waals surface area contributed by atoms with Crippen molar-refractivity contribution in [3.8, 4) is 0 Å². The molecule has 1 atom stereocenters. The van der Waals surface area contributed by atoms with Crippen LogP contribution in [0, 0.1) is 24.7 Å². The Morgan fingerprint density at radius 1 is 1.15 bits per heavy atom. The highest BCUT2D eigenvalue weighted by Crippen LogP contribution is 2.35. The summed E-state index contributed by atoms with van der Waals surface area (Å²) in [6.07, 6.45) is 5.29. The van der Waals surface area contributed by atoms with E-state index in [4.69, 9.17) is 11.6 Å². The summed E-state index contributed by atoms with van der Waals surface area (Å²) in [5.41, 5.74) is 2.25. The molecule has 2 rings (SSSR count). The summed E-state index contributed by atoms with van der Waals surface area (Å²) >= 11 is 6.27. The molecule has 0 amide bonds. The Bertz CT molecular complexity index is 433. The van der Waals surface area contributed by atoms with Gasteiger partial charge in [0.1, 0.15) is 0 Å². The largest absolute Gasteiger partial charge is 0.392 e. The highest BCUT2D eigenvalue weighted by molar-refractivity contribution is 6.31. The number of hydrogen-bond acceptors (Lipinski definition) is 1. The van der Waals surface area contributed by atoms with Gasteiger partial charge < -0.3 is 5.11 Å². The van der Waals surface area contributed by atoms with Gasteiger partial charge in [0.15, 0.2) is 0 Å². The summed E-state index contributed by atoms with van der Waals surface area (Å²) < 4.78 is 0. The smallest absolute Gasteiger partial charge is 0.0609 e. The van der Waals surface area contributed by atoms with Gasteiger partial charge in [-0.25, -0.2) is 0 Å². The minimum atomic E-state index is -0.247. The average Bonchev–Trinajstić information content (AvgIpc) is 2.42. The molecular weight excluding hydrogens is 268 g/mol. The topological polar surface area (TPSA) is 20.2 Å². The lowest BCUT2D eigenvalue weighted by atomic mass is 9.74. The van der Waals surface area contributed by atoms with Crippen LogP contribution in [0.4, 0.5) is 0 Å². The van der Waals surface area contributed by atoms with Crippen LogP contribution in [0.15, 0.2) is 18.2 Å². The third kappa shape index (κ3) is 3.99. The second-order valence-electron chi connectivity index (χ2n) is 6.79. The molecule has 0 spiro atoms. The molecule has 0 aliphatic heterocycles. The SMILES string of the molecule is Cc1ccc(CC(O)C2CCC(C(C)C)CC2)c(Cl)c1. The van der Waals surface area contributed by atoms with E-state index in [2.05, 4.69) is 26.0 Å². The van der Waals surface area contributed by atoms with Crippen molar-refractivity contribution < 1.29 is 5.11 Å². The van der Waals surface area contributed by atoms with Gasteiger partial charge in [0.2, 0.25) is 0 Å². The van der Waals surface area contributed by atoms with Crippen LogP contribution in [-0.2, 0) is 6.42 Å². The fourth-order valence-corrected chi connectivity index (χ4v) is 3.72. The van der Waals surface area contributed by atoms with E-state index in [1.807, 2.05) is 13.0 Å². The molecule has 0 heterocycles. The van der Waals surface area contributed by atoms with Gasteiger partial charge in [-0.05, 0) is 67.6 Å². The maximum absolute atomic E-state index is 10.5. The summed E-state index contributed by atoms with van der Waals surface area (Å²) in [5.74, 6) is 2.07. The number of benzene rings is 1. The molecule has 20 heavy (non-hydrogen) atoms. The van der Waals surface area contributed by atoms with Crippen molar-refractivity contribution in [3.63, 3.8) is 0 Å². The Labute approximate surface area is 128 Å². The van der Waals surface area contributed by atoms with Gasteiger partial charge in [0.25, 0.3) is 0 Å². The first kappa shape index (κ1) is 15.9. The zero-order valence-electron chi connectivity index (χ0n) is 12.9. The molecule has 1 aliphatic rings. The van der Waals surface area contributed by atoms with E-state index >= 15 is 0 Å². The van der Waals surface area contributed by atoms with Gasteiger partial charge in [0, 0.05) is 11.4 Å². The van der Waals surface area contributed by atoms with E-state index in [-0.39, 0.29) is 6.10 Å². The zero-order valence-corrected chi connectivity index (χ0v) is 13.7. The maximum atomic E-state index is 10.5. The van der Waals surface area contributed by atoms with Gasteiger partial charge in [-0.3, -0.25) is 0 Å². The fraction of sp³-hybridized carbons (Fsp3) is 0.667. The first-order valence-corrected chi connectivity index (χ1v) is 8.28. The lowest BCUT2D eigenvalue weighted by molar-refractivity contribution is 0.0675. The standard InChI is InChI=1S/C18H27ClO/c1-12(2)14-6-8-15(9-7-14)18(20)11-16-5-4-13(3)10-17(16)19/h4-5,10,12,14-15,18,20H,6-9,11H2,1-3H3. The number of halogens is 1. The average molecular weight is 295 g/mol. The van der Waals surface area contributed by atoms with Gasteiger partial charge in [-0.1, -0.05) is 37.6 Å². The molecule has 1 aromatic carbocycles. The molecule has 1 saturated carbocycles. The van der Waals surface area contributed by atoms with E-state index < -0.39 is 0 Å². The van der Waals surface area contributed by atoms with Crippen LogP contribution in [0.3, 0.4) is 0 Å². The molecular formula is C18H27ClO. The van der Waals surface area contributed by atoms with Crippen molar-refractivity contribution in [2.75, 3.05) is 0 Å². The van der Waals surface area contributed by atoms with Crippen LogP contribution in [0.1, 0.15) is 50.7 Å². The molecule has 1 unspecified atom stereocenters. The number of aliphatic hydroxyl groups excluding tert-OH is 1. The fourth-order valence-electron chi connectivity index (χ4n) is 3.41. The molecule has 0 aromatic heterocycles. The predicted molar refractivity (Wildman–Crippen MR) is 86.2 cm³/mol. The van der Waals surface area contributed by atoms with Crippen LogP contribution < -0.4 is 0 Å². The predicted octanol–water partition coefficient (Wildman–Crippen LogP) is 5.01. The Morgan fingerprint density at radius 3 is 2.30 bits per heavy atom. The summed E-state index contributed by atoms with van der Waals surface area (Å²) in [6.45, 7) is 6.67. The Kier molecular flexibility index (Phi) is 5.51. The second kappa shape index (κ2) is 6.95. The third-order valence-electron chi connectivity index (χ3n) is 4.94. The summed E-state index contributed by atoms with van der Waals surface area (Å²) in [4.78, 5) is 0. The summed E-state index contributed by atoms with van der Waals surface area (Å²) in [7, 11) is 0. The molecule has 0 saturated heterocycles. The van der Waals surface area contributed by atoms with Crippen LogP contribution >= 0.6 is 11.6 Å². The molecule has 1 aromatic rings. The quantitative estimate of drug-likeness (QED) is 0.827. The van der Waals surface area contributed by atoms with Gasteiger partial charge >= 0.3 is 0 Å². The lowest BCUT2D eigenvalue weighted by Gasteiger charge is -2.33. The minimum absolute atomic E-state index is 0.247. The van der Waals surface area contributed by atoms with E-state index in [1.54, 1.807) is 0 Å². The Morgan fingerprint density at radius 2 is 1.75 bits per heavy atom. The minimum Gasteiger partial charge on any atom is -0.392 e. The number of aliphatic hydroxyl groups is 1. The molecule has 0 bridgehead atoms. The van der Waals surface area contributed by atoms with Crippen molar-refractivity contribution in [2.24, 2.45) is 17.8 Å². The van der Waals surface area contributed by atoms with Gasteiger partial charge in [0.05, 0.1) is 6.10 Å². The van der Waals surface area contributed by atoms with Crippen molar-refractivity contribution in [1.29, 1.82) is 0 Å². The molecule has 0 radical (unpaired) electrons. The molecule has 1 N–H and O–H groups in total. The number of aryl methyl sites for hydroxylation is 1. The molecule has 112 valence electrons.